The molecule has 0 saturated carbocycles. The molecule has 166 valence electrons. The van der Waals surface area contributed by atoms with Gasteiger partial charge in [-0.25, -0.2) is 17.1 Å². The summed E-state index contributed by atoms with van der Waals surface area (Å²) in [5.74, 6) is -0.582. The summed E-state index contributed by atoms with van der Waals surface area (Å²) in [6.07, 6.45) is 5.76. The fraction of sp³-hybridized carbons (Fsp3) is 0.130. The van der Waals surface area contributed by atoms with Crippen LogP contribution in [-0.4, -0.2) is 37.7 Å². The highest BCUT2D eigenvalue weighted by molar-refractivity contribution is 7.89. The lowest BCUT2D eigenvalue weighted by atomic mass is 10.2. The number of rotatable bonds is 8. The van der Waals surface area contributed by atoms with E-state index in [2.05, 4.69) is 10.3 Å². The molecular formula is C23H22FN3O4S. The van der Waals surface area contributed by atoms with Gasteiger partial charge in [-0.3, -0.25) is 9.78 Å². The quantitative estimate of drug-likeness (QED) is 0.525. The molecule has 3 aromatic rings. The third-order valence-corrected chi connectivity index (χ3v) is 6.35. The van der Waals surface area contributed by atoms with Gasteiger partial charge in [0, 0.05) is 32.9 Å². The Morgan fingerprint density at radius 1 is 1.16 bits per heavy atom. The second-order valence-electron chi connectivity index (χ2n) is 6.93. The van der Waals surface area contributed by atoms with Crippen molar-refractivity contribution in [3.05, 3.63) is 90.0 Å². The normalized spacial score (nSPS) is 11.6. The number of hydrogen-bond acceptors (Lipinski definition) is 5. The predicted octanol–water partition coefficient (Wildman–Crippen LogP) is 3.59. The molecule has 0 aliphatic carbocycles. The van der Waals surface area contributed by atoms with Crippen LogP contribution in [0.1, 0.15) is 11.1 Å². The number of amides is 1. The van der Waals surface area contributed by atoms with Gasteiger partial charge in [-0.05, 0) is 47.5 Å². The number of carbonyl (C=O) groups is 1. The van der Waals surface area contributed by atoms with E-state index in [1.807, 2.05) is 0 Å². The topological polar surface area (TPSA) is 88.6 Å². The number of nitrogens with one attached hydrogen (secondary N) is 1. The molecule has 0 aliphatic heterocycles. The average Bonchev–Trinajstić information content (AvgIpc) is 2.78. The summed E-state index contributed by atoms with van der Waals surface area (Å²) in [6.45, 7) is 0.0265. The first-order valence-electron chi connectivity index (χ1n) is 9.61. The number of pyridine rings is 1. The highest BCUT2D eigenvalue weighted by atomic mass is 32.2. The molecule has 0 radical (unpaired) electrons. The Kier molecular flexibility index (Phi) is 7.34. The number of nitrogens with zero attached hydrogens (tertiary/aromatic N) is 2. The number of carbonyl (C=O) groups excluding carboxylic acids is 1. The minimum absolute atomic E-state index is 0.0265. The van der Waals surface area contributed by atoms with Crippen molar-refractivity contribution in [2.24, 2.45) is 0 Å². The van der Waals surface area contributed by atoms with Crippen LogP contribution in [0, 0.1) is 5.82 Å². The van der Waals surface area contributed by atoms with Crippen LogP contribution in [0.5, 0.6) is 11.5 Å². The van der Waals surface area contributed by atoms with Gasteiger partial charge in [0.25, 0.3) is 0 Å². The Morgan fingerprint density at radius 2 is 1.94 bits per heavy atom. The van der Waals surface area contributed by atoms with Crippen molar-refractivity contribution in [2.45, 2.75) is 11.4 Å². The number of halogens is 1. The monoisotopic (exact) mass is 455 g/mol. The van der Waals surface area contributed by atoms with Crippen molar-refractivity contribution < 1.29 is 22.3 Å². The average molecular weight is 456 g/mol. The van der Waals surface area contributed by atoms with E-state index in [0.29, 0.717) is 16.9 Å². The zero-order valence-electron chi connectivity index (χ0n) is 17.5. The van der Waals surface area contributed by atoms with Gasteiger partial charge in [0.1, 0.15) is 5.75 Å². The third-order valence-electron chi connectivity index (χ3n) is 4.43. The lowest BCUT2D eigenvalue weighted by molar-refractivity contribution is -0.116. The van der Waals surface area contributed by atoms with Crippen molar-refractivity contribution in [3.8, 4) is 11.5 Å². The second-order valence-corrected chi connectivity index (χ2v) is 9.05. The molecule has 0 spiro atoms. The van der Waals surface area contributed by atoms with Crippen LogP contribution in [0.2, 0.25) is 0 Å². The number of benzene rings is 2. The zero-order chi connectivity index (χ0) is 23.1. The molecule has 7 nitrogen and oxygen atoms in total. The van der Waals surface area contributed by atoms with Gasteiger partial charge in [0.05, 0.1) is 11.1 Å². The predicted molar refractivity (Wildman–Crippen MR) is 119 cm³/mol. The Balaban J connectivity index is 1.64. The molecule has 9 heteroatoms. The first-order valence-corrected chi connectivity index (χ1v) is 11.0. The maximum Gasteiger partial charge on any atom is 0.244 e. The summed E-state index contributed by atoms with van der Waals surface area (Å²) in [5, 5.41) is 2.65. The number of ether oxygens (including phenoxy) is 1. The van der Waals surface area contributed by atoms with Crippen LogP contribution >= 0.6 is 0 Å². The molecule has 2 aromatic carbocycles. The summed E-state index contributed by atoms with van der Waals surface area (Å²) in [6, 6.07) is 14.1. The van der Waals surface area contributed by atoms with Crippen LogP contribution in [-0.2, 0) is 21.4 Å². The van der Waals surface area contributed by atoms with Gasteiger partial charge in [-0.2, -0.15) is 0 Å². The Bertz CT molecular complexity index is 1230. The number of sulfonamides is 1. The molecule has 0 atom stereocenters. The highest BCUT2D eigenvalue weighted by Gasteiger charge is 2.20. The minimum Gasteiger partial charge on any atom is -0.453 e. The number of hydrogen-bond donors (Lipinski definition) is 1. The molecule has 1 amide bonds. The molecule has 32 heavy (non-hydrogen) atoms. The molecule has 0 fully saturated rings. The van der Waals surface area contributed by atoms with Crippen molar-refractivity contribution >= 4 is 22.0 Å². The van der Waals surface area contributed by atoms with Crippen molar-refractivity contribution in [1.82, 2.24) is 14.6 Å². The summed E-state index contributed by atoms with van der Waals surface area (Å²) in [5.41, 5.74) is 0.928. The first-order chi connectivity index (χ1) is 15.3. The van der Waals surface area contributed by atoms with Crippen molar-refractivity contribution in [1.29, 1.82) is 0 Å². The molecule has 0 unspecified atom stereocenters. The van der Waals surface area contributed by atoms with E-state index in [1.54, 1.807) is 42.6 Å². The zero-order valence-corrected chi connectivity index (χ0v) is 18.3. The summed E-state index contributed by atoms with van der Waals surface area (Å²) in [4.78, 5) is 16.2. The summed E-state index contributed by atoms with van der Waals surface area (Å²) >= 11 is 0. The van der Waals surface area contributed by atoms with Gasteiger partial charge in [-0.1, -0.05) is 24.3 Å². The van der Waals surface area contributed by atoms with Crippen molar-refractivity contribution in [2.75, 3.05) is 14.1 Å². The van der Waals surface area contributed by atoms with Gasteiger partial charge in [0.2, 0.25) is 15.9 Å². The first kappa shape index (κ1) is 23.1. The molecule has 1 aromatic heterocycles. The standard InChI is InChI=1S/C23H22FN3O4S/c1-27(2)32(29,30)22-8-4-3-6-18(22)15-26-23(28)12-10-17-9-11-21(20(24)14-17)31-19-7-5-13-25-16-19/h3-14,16H,15H2,1-2H3,(H,26,28)/b12-10+. The lowest BCUT2D eigenvalue weighted by Crippen LogP contribution is -2.26. The van der Waals surface area contributed by atoms with Crippen molar-refractivity contribution in [3.63, 3.8) is 0 Å². The maximum atomic E-state index is 14.3. The van der Waals surface area contributed by atoms with Crippen LogP contribution < -0.4 is 10.1 Å². The Hall–Kier alpha value is -3.56. The van der Waals surface area contributed by atoms with E-state index >= 15 is 0 Å². The number of aromatic nitrogens is 1. The summed E-state index contributed by atoms with van der Waals surface area (Å²) in [7, 11) is -0.748. The molecular weight excluding hydrogens is 433 g/mol. The molecule has 0 bridgehead atoms. The molecule has 0 saturated heterocycles. The van der Waals surface area contributed by atoms with E-state index < -0.39 is 21.7 Å². The van der Waals surface area contributed by atoms with E-state index in [1.165, 1.54) is 50.6 Å². The van der Waals surface area contributed by atoms with Crippen LogP contribution in [0.3, 0.4) is 0 Å². The third kappa shape index (κ3) is 5.77. The maximum absolute atomic E-state index is 14.3. The molecule has 3 rings (SSSR count). The molecule has 1 N–H and O–H groups in total. The highest BCUT2D eigenvalue weighted by Crippen LogP contribution is 2.25. The van der Waals surface area contributed by atoms with Crippen LogP contribution in [0.4, 0.5) is 4.39 Å². The van der Waals surface area contributed by atoms with Gasteiger partial charge in [-0.15, -0.1) is 0 Å². The van der Waals surface area contributed by atoms with E-state index in [9.17, 15) is 17.6 Å². The smallest absolute Gasteiger partial charge is 0.244 e. The summed E-state index contributed by atoms with van der Waals surface area (Å²) < 4.78 is 45.7. The Morgan fingerprint density at radius 3 is 2.62 bits per heavy atom. The SMILES string of the molecule is CN(C)S(=O)(=O)c1ccccc1CNC(=O)/C=C/c1ccc(Oc2cccnc2)c(F)c1. The van der Waals surface area contributed by atoms with E-state index in [-0.39, 0.29) is 17.2 Å². The van der Waals surface area contributed by atoms with Crippen LogP contribution in [0.15, 0.2) is 78.0 Å². The van der Waals surface area contributed by atoms with E-state index in [4.69, 9.17) is 4.74 Å². The van der Waals surface area contributed by atoms with Crippen LogP contribution in [0.25, 0.3) is 6.08 Å². The van der Waals surface area contributed by atoms with E-state index in [0.717, 1.165) is 4.31 Å². The second kappa shape index (κ2) is 10.2. The Labute approximate surface area is 186 Å². The largest absolute Gasteiger partial charge is 0.453 e. The molecule has 0 aliphatic rings. The minimum atomic E-state index is -3.64. The fourth-order valence-electron chi connectivity index (χ4n) is 2.75. The van der Waals surface area contributed by atoms with Gasteiger partial charge < -0.3 is 10.1 Å². The lowest BCUT2D eigenvalue weighted by Gasteiger charge is -2.15. The molecule has 1 heterocycles. The van der Waals surface area contributed by atoms with Gasteiger partial charge >= 0.3 is 0 Å². The fourth-order valence-corrected chi connectivity index (χ4v) is 3.86. The van der Waals surface area contributed by atoms with Gasteiger partial charge in [0.15, 0.2) is 11.6 Å².